The second-order valence-corrected chi connectivity index (χ2v) is 5.64. The number of imidazole rings is 1. The molecule has 0 bridgehead atoms. The molecule has 0 spiro atoms. The summed E-state index contributed by atoms with van der Waals surface area (Å²) in [6.07, 6.45) is 5.14. The summed E-state index contributed by atoms with van der Waals surface area (Å²) in [5.41, 5.74) is 2.03. The standard InChI is InChI=1S/C13H17BrN4/c1-2-12-17-11-7-9(14)8-16-13(11)18(12)10-3-5-15-6-4-10/h7-8,10,15H,2-6H2,1H3. The topological polar surface area (TPSA) is 42.7 Å². The van der Waals surface area contributed by atoms with Gasteiger partial charge in [-0.1, -0.05) is 6.92 Å². The predicted molar refractivity (Wildman–Crippen MR) is 75.7 cm³/mol. The van der Waals surface area contributed by atoms with Crippen molar-refractivity contribution < 1.29 is 0 Å². The first-order valence-electron chi connectivity index (χ1n) is 6.52. The Morgan fingerprint density at radius 2 is 2.22 bits per heavy atom. The van der Waals surface area contributed by atoms with Crippen LogP contribution >= 0.6 is 15.9 Å². The summed E-state index contributed by atoms with van der Waals surface area (Å²) in [6, 6.07) is 2.60. The van der Waals surface area contributed by atoms with E-state index in [1.165, 1.54) is 0 Å². The van der Waals surface area contributed by atoms with Crippen molar-refractivity contribution in [2.45, 2.75) is 32.2 Å². The molecule has 0 aliphatic carbocycles. The Hall–Kier alpha value is -0.940. The molecule has 0 aromatic carbocycles. The van der Waals surface area contributed by atoms with Gasteiger partial charge in [-0.15, -0.1) is 0 Å². The fourth-order valence-electron chi connectivity index (χ4n) is 2.70. The molecule has 4 nitrogen and oxygen atoms in total. The minimum Gasteiger partial charge on any atom is -0.317 e. The van der Waals surface area contributed by atoms with Crippen LogP contribution < -0.4 is 5.32 Å². The van der Waals surface area contributed by atoms with Crippen molar-refractivity contribution in [3.8, 4) is 0 Å². The van der Waals surface area contributed by atoms with E-state index in [1.54, 1.807) is 0 Å². The van der Waals surface area contributed by atoms with E-state index in [2.05, 4.69) is 43.8 Å². The van der Waals surface area contributed by atoms with Crippen LogP contribution in [0.5, 0.6) is 0 Å². The SMILES string of the molecule is CCc1nc2cc(Br)cnc2n1C1CCNCC1. The monoisotopic (exact) mass is 308 g/mol. The Balaban J connectivity index is 2.12. The zero-order chi connectivity index (χ0) is 12.5. The Morgan fingerprint density at radius 3 is 2.94 bits per heavy atom. The summed E-state index contributed by atoms with van der Waals surface area (Å²) in [6.45, 7) is 4.34. The second kappa shape index (κ2) is 4.97. The fourth-order valence-corrected chi connectivity index (χ4v) is 3.02. The van der Waals surface area contributed by atoms with E-state index in [0.29, 0.717) is 6.04 Å². The molecule has 0 radical (unpaired) electrons. The summed E-state index contributed by atoms with van der Waals surface area (Å²) in [4.78, 5) is 9.27. The summed E-state index contributed by atoms with van der Waals surface area (Å²) >= 11 is 3.46. The summed E-state index contributed by atoms with van der Waals surface area (Å²) < 4.78 is 3.34. The van der Waals surface area contributed by atoms with E-state index in [9.17, 15) is 0 Å². The van der Waals surface area contributed by atoms with Crippen LogP contribution in [0.15, 0.2) is 16.7 Å². The van der Waals surface area contributed by atoms with Gasteiger partial charge in [-0.2, -0.15) is 0 Å². The van der Waals surface area contributed by atoms with Gasteiger partial charge >= 0.3 is 0 Å². The van der Waals surface area contributed by atoms with Crippen molar-refractivity contribution in [3.63, 3.8) is 0 Å². The Kier molecular flexibility index (Phi) is 3.35. The average molecular weight is 309 g/mol. The normalized spacial score (nSPS) is 17.4. The van der Waals surface area contributed by atoms with Gasteiger partial charge in [-0.05, 0) is 47.9 Å². The molecule has 1 fully saturated rings. The largest absolute Gasteiger partial charge is 0.317 e. The zero-order valence-corrected chi connectivity index (χ0v) is 12.1. The molecule has 2 aromatic heterocycles. The van der Waals surface area contributed by atoms with Crippen LogP contribution in [-0.2, 0) is 6.42 Å². The van der Waals surface area contributed by atoms with E-state index < -0.39 is 0 Å². The molecule has 3 rings (SSSR count). The molecule has 18 heavy (non-hydrogen) atoms. The van der Waals surface area contributed by atoms with Crippen molar-refractivity contribution in [1.82, 2.24) is 19.9 Å². The maximum atomic E-state index is 4.72. The Bertz CT molecular complexity index is 557. The third-order valence-electron chi connectivity index (χ3n) is 3.56. The minimum absolute atomic E-state index is 0.542. The first-order chi connectivity index (χ1) is 8.79. The van der Waals surface area contributed by atoms with Gasteiger partial charge in [0.15, 0.2) is 5.65 Å². The van der Waals surface area contributed by atoms with E-state index >= 15 is 0 Å². The van der Waals surface area contributed by atoms with Gasteiger partial charge in [0.05, 0.1) is 0 Å². The van der Waals surface area contributed by atoms with Crippen LogP contribution in [0, 0.1) is 0 Å². The minimum atomic E-state index is 0.542. The molecule has 0 unspecified atom stereocenters. The van der Waals surface area contributed by atoms with Gasteiger partial charge in [0, 0.05) is 23.1 Å². The van der Waals surface area contributed by atoms with Crippen molar-refractivity contribution in [2.75, 3.05) is 13.1 Å². The van der Waals surface area contributed by atoms with Gasteiger partial charge in [0.2, 0.25) is 0 Å². The molecule has 2 aromatic rings. The number of hydrogen-bond acceptors (Lipinski definition) is 3. The van der Waals surface area contributed by atoms with E-state index in [-0.39, 0.29) is 0 Å². The number of fused-ring (bicyclic) bond motifs is 1. The van der Waals surface area contributed by atoms with Crippen molar-refractivity contribution in [3.05, 3.63) is 22.6 Å². The van der Waals surface area contributed by atoms with Gasteiger partial charge < -0.3 is 9.88 Å². The van der Waals surface area contributed by atoms with Crippen LogP contribution in [-0.4, -0.2) is 27.6 Å². The van der Waals surface area contributed by atoms with Crippen molar-refractivity contribution >= 4 is 27.1 Å². The lowest BCUT2D eigenvalue weighted by Crippen LogP contribution is -2.30. The van der Waals surface area contributed by atoms with Crippen LogP contribution in [0.3, 0.4) is 0 Å². The summed E-state index contributed by atoms with van der Waals surface area (Å²) in [5.74, 6) is 1.16. The molecule has 1 N–H and O–H groups in total. The maximum absolute atomic E-state index is 4.72. The molecule has 1 aliphatic heterocycles. The average Bonchev–Trinajstić information content (AvgIpc) is 2.77. The Labute approximate surface area is 115 Å². The molecule has 3 heterocycles. The highest BCUT2D eigenvalue weighted by Gasteiger charge is 2.21. The summed E-state index contributed by atoms with van der Waals surface area (Å²) in [5, 5.41) is 3.41. The van der Waals surface area contributed by atoms with Crippen LogP contribution in [0.2, 0.25) is 0 Å². The number of piperidine rings is 1. The number of rotatable bonds is 2. The third-order valence-corrected chi connectivity index (χ3v) is 3.99. The lowest BCUT2D eigenvalue weighted by Gasteiger charge is -2.25. The van der Waals surface area contributed by atoms with Gasteiger partial charge in [0.1, 0.15) is 11.3 Å². The first-order valence-corrected chi connectivity index (χ1v) is 7.32. The molecule has 0 amide bonds. The lowest BCUT2D eigenvalue weighted by molar-refractivity contribution is 0.366. The van der Waals surface area contributed by atoms with Gasteiger partial charge in [-0.3, -0.25) is 0 Å². The van der Waals surface area contributed by atoms with Crippen LogP contribution in [0.4, 0.5) is 0 Å². The molecular formula is C13H17BrN4. The number of nitrogens with zero attached hydrogens (tertiary/aromatic N) is 3. The second-order valence-electron chi connectivity index (χ2n) is 4.73. The highest BCUT2D eigenvalue weighted by Crippen LogP contribution is 2.27. The molecule has 0 atom stereocenters. The molecule has 5 heteroatoms. The smallest absolute Gasteiger partial charge is 0.160 e. The number of halogens is 1. The van der Waals surface area contributed by atoms with Crippen LogP contribution in [0.1, 0.15) is 31.6 Å². The molecular weight excluding hydrogens is 292 g/mol. The van der Waals surface area contributed by atoms with E-state index in [1.807, 2.05) is 6.20 Å². The third kappa shape index (κ3) is 2.06. The fraction of sp³-hybridized carbons (Fsp3) is 0.538. The molecule has 0 saturated carbocycles. The van der Waals surface area contributed by atoms with Crippen LogP contribution in [0.25, 0.3) is 11.2 Å². The number of pyridine rings is 1. The number of hydrogen-bond donors (Lipinski definition) is 1. The molecule has 1 aliphatic rings. The number of aryl methyl sites for hydroxylation is 1. The molecule has 1 saturated heterocycles. The quantitative estimate of drug-likeness (QED) is 0.927. The van der Waals surface area contributed by atoms with Crippen molar-refractivity contribution in [2.24, 2.45) is 0 Å². The summed E-state index contributed by atoms with van der Waals surface area (Å²) in [7, 11) is 0. The maximum Gasteiger partial charge on any atom is 0.160 e. The van der Waals surface area contributed by atoms with E-state index in [0.717, 1.165) is 53.8 Å². The van der Waals surface area contributed by atoms with E-state index in [4.69, 9.17) is 4.98 Å². The van der Waals surface area contributed by atoms with Gasteiger partial charge in [0.25, 0.3) is 0 Å². The van der Waals surface area contributed by atoms with Crippen molar-refractivity contribution in [1.29, 1.82) is 0 Å². The first kappa shape index (κ1) is 12.1. The predicted octanol–water partition coefficient (Wildman–Crippen LogP) is 2.68. The van der Waals surface area contributed by atoms with Gasteiger partial charge in [-0.25, -0.2) is 9.97 Å². The Morgan fingerprint density at radius 1 is 1.44 bits per heavy atom. The highest BCUT2D eigenvalue weighted by atomic mass is 79.9. The number of aromatic nitrogens is 3. The zero-order valence-electron chi connectivity index (χ0n) is 10.5. The lowest BCUT2D eigenvalue weighted by atomic mass is 10.1. The number of nitrogens with one attached hydrogen (secondary N) is 1. The molecule has 96 valence electrons. The highest BCUT2D eigenvalue weighted by molar-refractivity contribution is 9.10.